The number of anilines is 1. The summed E-state index contributed by atoms with van der Waals surface area (Å²) >= 11 is 1.61. The number of nitrogens with zero attached hydrogens (tertiary/aromatic N) is 3. The molecule has 0 spiro atoms. The number of aromatic nitrogens is 2. The average Bonchev–Trinajstić information content (AvgIpc) is 2.90. The van der Waals surface area contributed by atoms with Crippen LogP contribution in [0.2, 0.25) is 0 Å². The van der Waals surface area contributed by atoms with Gasteiger partial charge in [0.15, 0.2) is 0 Å². The fraction of sp³-hybridized carbons (Fsp3) is 0.385. The first kappa shape index (κ1) is 13.0. The maximum absolute atomic E-state index is 5.72. The van der Waals surface area contributed by atoms with Gasteiger partial charge in [-0.1, -0.05) is 6.92 Å². The quantitative estimate of drug-likeness (QED) is 0.897. The lowest BCUT2D eigenvalue weighted by atomic mass is 10.2. The Morgan fingerprint density at radius 3 is 2.78 bits per heavy atom. The highest BCUT2D eigenvalue weighted by molar-refractivity contribution is 7.07. The summed E-state index contributed by atoms with van der Waals surface area (Å²) in [7, 11) is 2.03. The fourth-order valence-corrected chi connectivity index (χ4v) is 2.32. The number of thiazole rings is 1. The van der Waals surface area contributed by atoms with E-state index in [0.717, 1.165) is 35.7 Å². The van der Waals surface area contributed by atoms with E-state index in [-0.39, 0.29) is 0 Å². The summed E-state index contributed by atoms with van der Waals surface area (Å²) in [6.07, 6.45) is 0.922. The molecule has 2 aromatic rings. The van der Waals surface area contributed by atoms with Gasteiger partial charge >= 0.3 is 0 Å². The molecule has 0 unspecified atom stereocenters. The van der Waals surface area contributed by atoms with Crippen LogP contribution in [0.25, 0.3) is 0 Å². The molecule has 18 heavy (non-hydrogen) atoms. The van der Waals surface area contributed by atoms with Crippen molar-refractivity contribution >= 4 is 17.2 Å². The van der Waals surface area contributed by atoms with Crippen molar-refractivity contribution in [2.24, 2.45) is 5.73 Å². The minimum atomic E-state index is 0.549. The first-order valence-electron chi connectivity index (χ1n) is 6.01. The van der Waals surface area contributed by atoms with Gasteiger partial charge < -0.3 is 10.6 Å². The van der Waals surface area contributed by atoms with Crippen LogP contribution in [0, 0.1) is 0 Å². The zero-order chi connectivity index (χ0) is 13.0. The molecule has 96 valence electrons. The van der Waals surface area contributed by atoms with Crippen molar-refractivity contribution in [3.63, 3.8) is 0 Å². The average molecular weight is 262 g/mol. The molecule has 4 nitrogen and oxygen atoms in total. The van der Waals surface area contributed by atoms with Crippen LogP contribution in [0.15, 0.2) is 23.0 Å². The number of pyridine rings is 1. The van der Waals surface area contributed by atoms with E-state index in [2.05, 4.69) is 33.2 Å². The second-order valence-corrected chi connectivity index (χ2v) is 4.94. The van der Waals surface area contributed by atoms with E-state index in [9.17, 15) is 0 Å². The van der Waals surface area contributed by atoms with E-state index < -0.39 is 0 Å². The molecule has 0 saturated carbocycles. The van der Waals surface area contributed by atoms with Gasteiger partial charge in [0.25, 0.3) is 0 Å². The minimum Gasteiger partial charge on any atom is -0.354 e. The monoisotopic (exact) mass is 262 g/mol. The van der Waals surface area contributed by atoms with Gasteiger partial charge in [0.1, 0.15) is 5.82 Å². The smallest absolute Gasteiger partial charge is 0.129 e. The van der Waals surface area contributed by atoms with Crippen molar-refractivity contribution < 1.29 is 0 Å². The second-order valence-electron chi connectivity index (χ2n) is 4.22. The number of nitrogens with two attached hydrogens (primary N) is 1. The first-order chi connectivity index (χ1) is 8.72. The highest BCUT2D eigenvalue weighted by atomic mass is 32.1. The molecule has 2 rings (SSSR count). The zero-order valence-corrected chi connectivity index (χ0v) is 11.6. The third kappa shape index (κ3) is 3.05. The first-order valence-corrected chi connectivity index (χ1v) is 6.95. The van der Waals surface area contributed by atoms with Gasteiger partial charge in [-0.3, -0.25) is 0 Å². The van der Waals surface area contributed by atoms with Gasteiger partial charge in [-0.25, -0.2) is 9.97 Å². The van der Waals surface area contributed by atoms with Crippen LogP contribution in [0.4, 0.5) is 5.82 Å². The fourth-order valence-electron chi connectivity index (χ4n) is 1.77. The molecule has 2 N–H and O–H groups in total. The molecular weight excluding hydrogens is 244 g/mol. The standard InChI is InChI=1S/C13H18N4S/c1-3-11-4-10(6-14)5-13(16-11)17(2)7-12-8-18-9-15-12/h4-5,8-9H,3,6-7,14H2,1-2H3. The van der Waals surface area contributed by atoms with E-state index in [1.165, 1.54) is 0 Å². The van der Waals surface area contributed by atoms with Gasteiger partial charge in [-0.2, -0.15) is 0 Å². The minimum absolute atomic E-state index is 0.549. The Morgan fingerprint density at radius 2 is 2.17 bits per heavy atom. The van der Waals surface area contributed by atoms with E-state index in [0.29, 0.717) is 6.54 Å². The summed E-state index contributed by atoms with van der Waals surface area (Å²) in [5.41, 5.74) is 10.9. The van der Waals surface area contributed by atoms with E-state index >= 15 is 0 Å². The lowest BCUT2D eigenvalue weighted by molar-refractivity contribution is 0.857. The van der Waals surface area contributed by atoms with Crippen LogP contribution in [0.5, 0.6) is 0 Å². The molecule has 0 aliphatic carbocycles. The van der Waals surface area contributed by atoms with Crippen molar-refractivity contribution in [1.82, 2.24) is 9.97 Å². The Bertz CT molecular complexity index is 473. The molecule has 0 aromatic carbocycles. The van der Waals surface area contributed by atoms with Crippen molar-refractivity contribution in [2.45, 2.75) is 26.4 Å². The van der Waals surface area contributed by atoms with Crippen LogP contribution in [0.3, 0.4) is 0 Å². The molecule has 2 aromatic heterocycles. The highest BCUT2D eigenvalue weighted by Gasteiger charge is 2.07. The number of aryl methyl sites for hydroxylation is 1. The lowest BCUT2D eigenvalue weighted by Crippen LogP contribution is -2.19. The molecular formula is C13H18N4S. The second kappa shape index (κ2) is 5.93. The Morgan fingerprint density at radius 1 is 1.33 bits per heavy atom. The summed E-state index contributed by atoms with van der Waals surface area (Å²) < 4.78 is 0. The van der Waals surface area contributed by atoms with E-state index in [1.807, 2.05) is 18.6 Å². The van der Waals surface area contributed by atoms with Crippen molar-refractivity contribution in [2.75, 3.05) is 11.9 Å². The van der Waals surface area contributed by atoms with Crippen LogP contribution in [-0.4, -0.2) is 17.0 Å². The maximum Gasteiger partial charge on any atom is 0.129 e. The van der Waals surface area contributed by atoms with Gasteiger partial charge in [-0.05, 0) is 24.1 Å². The molecule has 0 fully saturated rings. The molecule has 0 aliphatic heterocycles. The van der Waals surface area contributed by atoms with Crippen LogP contribution in [0.1, 0.15) is 23.9 Å². The molecule has 5 heteroatoms. The lowest BCUT2D eigenvalue weighted by Gasteiger charge is -2.18. The van der Waals surface area contributed by atoms with Gasteiger partial charge in [0.05, 0.1) is 17.7 Å². The topological polar surface area (TPSA) is 55.0 Å². The molecule has 0 bridgehead atoms. The normalized spacial score (nSPS) is 10.6. The summed E-state index contributed by atoms with van der Waals surface area (Å²) in [4.78, 5) is 11.0. The molecule has 0 aliphatic rings. The SMILES string of the molecule is CCc1cc(CN)cc(N(C)Cc2cscn2)n1. The van der Waals surface area contributed by atoms with Crippen LogP contribution >= 0.6 is 11.3 Å². The third-order valence-electron chi connectivity index (χ3n) is 2.80. The largest absolute Gasteiger partial charge is 0.354 e. The Hall–Kier alpha value is -1.46. The molecule has 0 radical (unpaired) electrons. The Kier molecular flexibility index (Phi) is 4.28. The molecule has 0 atom stereocenters. The van der Waals surface area contributed by atoms with Crippen molar-refractivity contribution in [3.8, 4) is 0 Å². The summed E-state index contributed by atoms with van der Waals surface area (Å²) in [6.45, 7) is 3.42. The van der Waals surface area contributed by atoms with Crippen LogP contribution < -0.4 is 10.6 Å². The number of hydrogen-bond donors (Lipinski definition) is 1. The van der Waals surface area contributed by atoms with Crippen molar-refractivity contribution in [3.05, 3.63) is 40.0 Å². The molecule has 2 heterocycles. The summed E-state index contributed by atoms with van der Waals surface area (Å²) in [6, 6.07) is 4.12. The Labute approximate surface area is 111 Å². The molecule has 0 saturated heterocycles. The highest BCUT2D eigenvalue weighted by Crippen LogP contribution is 2.16. The summed E-state index contributed by atoms with van der Waals surface area (Å²) in [5.74, 6) is 0.961. The molecule has 0 amide bonds. The predicted octanol–water partition coefficient (Wildman–Crippen LogP) is 2.20. The number of hydrogen-bond acceptors (Lipinski definition) is 5. The van der Waals surface area contributed by atoms with E-state index in [1.54, 1.807) is 11.3 Å². The zero-order valence-electron chi connectivity index (χ0n) is 10.8. The van der Waals surface area contributed by atoms with Crippen LogP contribution in [-0.2, 0) is 19.5 Å². The Balaban J connectivity index is 2.20. The van der Waals surface area contributed by atoms with Crippen molar-refractivity contribution in [1.29, 1.82) is 0 Å². The van der Waals surface area contributed by atoms with Gasteiger partial charge in [-0.15, -0.1) is 11.3 Å². The number of rotatable bonds is 5. The maximum atomic E-state index is 5.72. The van der Waals surface area contributed by atoms with Gasteiger partial charge in [0.2, 0.25) is 0 Å². The third-order valence-corrected chi connectivity index (χ3v) is 3.43. The van der Waals surface area contributed by atoms with E-state index in [4.69, 9.17) is 5.73 Å². The predicted molar refractivity (Wildman–Crippen MR) is 75.7 cm³/mol. The van der Waals surface area contributed by atoms with Gasteiger partial charge in [0, 0.05) is 24.7 Å². The summed E-state index contributed by atoms with van der Waals surface area (Å²) in [5, 5.41) is 2.06.